The van der Waals surface area contributed by atoms with Crippen molar-refractivity contribution in [3.63, 3.8) is 0 Å². The van der Waals surface area contributed by atoms with Gasteiger partial charge in [-0.25, -0.2) is 15.0 Å². The van der Waals surface area contributed by atoms with Crippen LogP contribution in [-0.2, 0) is 12.8 Å². The Morgan fingerprint density at radius 2 is 2.04 bits per heavy atom. The first-order valence-electron chi connectivity index (χ1n) is 9.71. The summed E-state index contributed by atoms with van der Waals surface area (Å²) in [6.45, 7) is 1.10. The molecule has 2 aliphatic carbocycles. The van der Waals surface area contributed by atoms with Crippen molar-refractivity contribution in [2.45, 2.75) is 44.9 Å². The Kier molecular flexibility index (Phi) is 4.28. The lowest BCUT2D eigenvalue weighted by Crippen LogP contribution is -2.18. The predicted octanol–water partition coefficient (Wildman–Crippen LogP) is 3.60. The zero-order chi connectivity index (χ0) is 18.3. The van der Waals surface area contributed by atoms with Crippen LogP contribution >= 0.6 is 11.3 Å². The number of rotatable bonds is 6. The second-order valence-corrected chi connectivity index (χ2v) is 8.79. The molecule has 3 aromatic rings. The number of aryl methyl sites for hydroxylation is 2. The van der Waals surface area contributed by atoms with Crippen molar-refractivity contribution in [3.8, 4) is 11.5 Å². The number of thiophene rings is 1. The lowest BCUT2D eigenvalue weighted by molar-refractivity contribution is 0.253. The topological polar surface area (TPSA) is 83.8 Å². The van der Waals surface area contributed by atoms with Crippen molar-refractivity contribution in [2.75, 3.05) is 18.5 Å². The van der Waals surface area contributed by atoms with Crippen LogP contribution in [0.1, 0.15) is 42.5 Å². The number of fused-ring (bicyclic) bond motifs is 3. The fourth-order valence-corrected chi connectivity index (χ4v) is 5.28. The van der Waals surface area contributed by atoms with Crippen molar-refractivity contribution in [3.05, 3.63) is 29.0 Å². The molecule has 3 heterocycles. The minimum atomic E-state index is 0.231. The molecule has 0 amide bonds. The molecule has 1 fully saturated rings. The number of aliphatic hydroxyl groups excluding tert-OH is 1. The van der Waals surface area contributed by atoms with Gasteiger partial charge in [-0.2, -0.15) is 0 Å². The van der Waals surface area contributed by atoms with Gasteiger partial charge in [0.25, 0.3) is 0 Å². The molecule has 6 nitrogen and oxygen atoms in total. The number of hydrogen-bond donors (Lipinski definition) is 2. The lowest BCUT2D eigenvalue weighted by Gasteiger charge is -2.17. The molecular formula is C20H23N5OS. The Hall–Kier alpha value is -2.12. The minimum absolute atomic E-state index is 0.231. The van der Waals surface area contributed by atoms with Crippen molar-refractivity contribution in [1.29, 1.82) is 0 Å². The molecule has 0 spiro atoms. The summed E-state index contributed by atoms with van der Waals surface area (Å²) >= 11 is 1.80. The zero-order valence-electron chi connectivity index (χ0n) is 15.2. The van der Waals surface area contributed by atoms with E-state index in [4.69, 9.17) is 9.97 Å². The van der Waals surface area contributed by atoms with Gasteiger partial charge in [-0.3, -0.25) is 4.98 Å². The van der Waals surface area contributed by atoms with Gasteiger partial charge in [0.15, 0.2) is 5.82 Å². The van der Waals surface area contributed by atoms with Crippen LogP contribution in [0.3, 0.4) is 0 Å². The maximum Gasteiger partial charge on any atom is 0.183 e. The molecule has 0 aliphatic heterocycles. The highest BCUT2D eigenvalue weighted by Gasteiger charge is 2.41. The van der Waals surface area contributed by atoms with Gasteiger partial charge >= 0.3 is 0 Å². The van der Waals surface area contributed by atoms with E-state index in [0.29, 0.717) is 11.5 Å². The molecule has 1 saturated carbocycles. The molecule has 0 atom stereocenters. The quantitative estimate of drug-likeness (QED) is 0.679. The molecule has 0 unspecified atom stereocenters. The molecule has 7 heteroatoms. The maximum absolute atomic E-state index is 9.36. The van der Waals surface area contributed by atoms with Gasteiger partial charge in [-0.1, -0.05) is 0 Å². The largest absolute Gasteiger partial charge is 0.396 e. The first-order valence-corrected chi connectivity index (χ1v) is 10.5. The molecule has 0 saturated heterocycles. The minimum Gasteiger partial charge on any atom is -0.396 e. The summed E-state index contributed by atoms with van der Waals surface area (Å²) < 4.78 is 0. The van der Waals surface area contributed by atoms with Crippen LogP contribution in [0.2, 0.25) is 0 Å². The highest BCUT2D eigenvalue weighted by molar-refractivity contribution is 7.19. The standard InChI is InChI=1S/C20H23N5OS/c26-10-7-20(5-6-20)12-23-18-16-13-3-1-2-4-15(13)27-19(16)25-17(24-18)14-11-21-8-9-22-14/h8-9,11,26H,1-7,10,12H2,(H,23,24,25). The third-order valence-electron chi connectivity index (χ3n) is 5.84. The van der Waals surface area contributed by atoms with Crippen molar-refractivity contribution >= 4 is 27.4 Å². The summed E-state index contributed by atoms with van der Waals surface area (Å²) in [5, 5.41) is 14.2. The summed E-state index contributed by atoms with van der Waals surface area (Å²) in [6.07, 6.45) is 13.0. The predicted molar refractivity (Wildman–Crippen MR) is 107 cm³/mol. The monoisotopic (exact) mass is 381 g/mol. The van der Waals surface area contributed by atoms with E-state index in [2.05, 4.69) is 15.3 Å². The number of nitrogens with zero attached hydrogens (tertiary/aromatic N) is 4. The second kappa shape index (κ2) is 6.80. The van der Waals surface area contributed by atoms with Crippen LogP contribution in [0.5, 0.6) is 0 Å². The summed E-state index contributed by atoms with van der Waals surface area (Å²) in [4.78, 5) is 20.8. The summed E-state index contributed by atoms with van der Waals surface area (Å²) in [7, 11) is 0. The van der Waals surface area contributed by atoms with Gasteiger partial charge in [-0.05, 0) is 55.9 Å². The smallest absolute Gasteiger partial charge is 0.183 e. The van der Waals surface area contributed by atoms with Gasteiger partial charge in [0.1, 0.15) is 16.3 Å². The lowest BCUT2D eigenvalue weighted by atomic mass is 9.97. The van der Waals surface area contributed by atoms with E-state index < -0.39 is 0 Å². The molecule has 3 aromatic heterocycles. The maximum atomic E-state index is 9.36. The third kappa shape index (κ3) is 3.19. The van der Waals surface area contributed by atoms with Crippen LogP contribution in [0, 0.1) is 5.41 Å². The van der Waals surface area contributed by atoms with E-state index in [1.54, 1.807) is 29.9 Å². The van der Waals surface area contributed by atoms with E-state index >= 15 is 0 Å². The van der Waals surface area contributed by atoms with Crippen LogP contribution in [0.25, 0.3) is 21.7 Å². The first kappa shape index (κ1) is 17.0. The Labute approximate surface area is 162 Å². The fraction of sp³-hybridized carbons (Fsp3) is 0.500. The normalized spacial score (nSPS) is 17.7. The van der Waals surface area contributed by atoms with Crippen molar-refractivity contribution in [2.24, 2.45) is 5.41 Å². The molecule has 0 radical (unpaired) electrons. The van der Waals surface area contributed by atoms with E-state index in [1.165, 1.54) is 41.5 Å². The number of nitrogens with one attached hydrogen (secondary N) is 1. The number of aromatic nitrogens is 4. The molecule has 140 valence electrons. The van der Waals surface area contributed by atoms with Gasteiger partial charge < -0.3 is 10.4 Å². The van der Waals surface area contributed by atoms with Gasteiger partial charge in [-0.15, -0.1) is 11.3 Å². The van der Waals surface area contributed by atoms with E-state index in [1.807, 2.05) is 0 Å². The average Bonchev–Trinajstić information content (AvgIpc) is 3.37. The molecule has 27 heavy (non-hydrogen) atoms. The number of hydrogen-bond acceptors (Lipinski definition) is 7. The Bertz CT molecular complexity index is 967. The molecule has 0 bridgehead atoms. The van der Waals surface area contributed by atoms with Crippen LogP contribution < -0.4 is 5.32 Å². The summed E-state index contributed by atoms with van der Waals surface area (Å²) in [6, 6.07) is 0. The molecule has 2 N–H and O–H groups in total. The van der Waals surface area contributed by atoms with Gasteiger partial charge in [0.05, 0.1) is 11.6 Å². The molecule has 2 aliphatic rings. The van der Waals surface area contributed by atoms with E-state index in [9.17, 15) is 5.11 Å². The average molecular weight is 382 g/mol. The first-order chi connectivity index (χ1) is 13.3. The van der Waals surface area contributed by atoms with Crippen molar-refractivity contribution < 1.29 is 5.11 Å². The summed E-state index contributed by atoms with van der Waals surface area (Å²) in [5.41, 5.74) is 2.36. The number of anilines is 1. The highest BCUT2D eigenvalue weighted by atomic mass is 32.1. The second-order valence-electron chi connectivity index (χ2n) is 7.70. The van der Waals surface area contributed by atoms with Crippen molar-refractivity contribution in [1.82, 2.24) is 19.9 Å². The zero-order valence-corrected chi connectivity index (χ0v) is 16.1. The van der Waals surface area contributed by atoms with E-state index in [-0.39, 0.29) is 12.0 Å². The summed E-state index contributed by atoms with van der Waals surface area (Å²) in [5.74, 6) is 1.55. The fourth-order valence-electron chi connectivity index (χ4n) is 4.01. The van der Waals surface area contributed by atoms with Crippen LogP contribution in [0.15, 0.2) is 18.6 Å². The SMILES string of the molecule is OCCC1(CNc2nc(-c3cnccn3)nc3sc4c(c23)CCCC4)CC1. The van der Waals surface area contributed by atoms with Gasteiger partial charge in [0.2, 0.25) is 0 Å². The molecular weight excluding hydrogens is 358 g/mol. The third-order valence-corrected chi connectivity index (χ3v) is 7.02. The Morgan fingerprint density at radius 3 is 2.81 bits per heavy atom. The molecule has 0 aromatic carbocycles. The Morgan fingerprint density at radius 1 is 1.15 bits per heavy atom. The Balaban J connectivity index is 1.58. The van der Waals surface area contributed by atoms with Crippen LogP contribution in [-0.4, -0.2) is 38.2 Å². The van der Waals surface area contributed by atoms with Crippen LogP contribution in [0.4, 0.5) is 5.82 Å². The van der Waals surface area contributed by atoms with Gasteiger partial charge in [0, 0.05) is 30.4 Å². The van der Waals surface area contributed by atoms with E-state index in [0.717, 1.165) is 36.5 Å². The molecule has 5 rings (SSSR count). The number of aliphatic hydroxyl groups is 1. The highest BCUT2D eigenvalue weighted by Crippen LogP contribution is 2.49.